The number of hydrogen-bond donors (Lipinski definition) is 1. The quantitative estimate of drug-likeness (QED) is 0.574. The van der Waals surface area contributed by atoms with Crippen molar-refractivity contribution in [2.24, 2.45) is 0 Å². The summed E-state index contributed by atoms with van der Waals surface area (Å²) in [5, 5.41) is 2.85. The van der Waals surface area contributed by atoms with Crippen LogP contribution in [-0.2, 0) is 32.6 Å². The van der Waals surface area contributed by atoms with Crippen molar-refractivity contribution in [3.8, 4) is 0 Å². The molecule has 0 unspecified atom stereocenters. The van der Waals surface area contributed by atoms with Gasteiger partial charge in [-0.1, -0.05) is 49.4 Å². The van der Waals surface area contributed by atoms with Gasteiger partial charge in [0.25, 0.3) is 0 Å². The van der Waals surface area contributed by atoms with Gasteiger partial charge in [0.1, 0.15) is 12.6 Å². The van der Waals surface area contributed by atoms with Gasteiger partial charge in [-0.3, -0.25) is 13.9 Å². The van der Waals surface area contributed by atoms with Crippen LogP contribution < -0.4 is 9.62 Å². The van der Waals surface area contributed by atoms with Crippen LogP contribution in [0, 0.1) is 6.92 Å². The van der Waals surface area contributed by atoms with Gasteiger partial charge in [-0.15, -0.1) is 0 Å². The first-order valence-electron chi connectivity index (χ1n) is 11.2. The van der Waals surface area contributed by atoms with Crippen LogP contribution in [0.4, 0.5) is 5.69 Å². The van der Waals surface area contributed by atoms with E-state index >= 15 is 0 Å². The summed E-state index contributed by atoms with van der Waals surface area (Å²) in [4.78, 5) is 27.8. The number of sulfonamides is 1. The zero-order valence-electron chi connectivity index (χ0n) is 20.3. The van der Waals surface area contributed by atoms with E-state index in [1.165, 1.54) is 4.90 Å². The Morgan fingerprint density at radius 1 is 0.970 bits per heavy atom. The van der Waals surface area contributed by atoms with Crippen molar-refractivity contribution in [2.75, 3.05) is 17.1 Å². The minimum absolute atomic E-state index is 0.0840. The van der Waals surface area contributed by atoms with Crippen molar-refractivity contribution in [1.29, 1.82) is 0 Å². The Labute approximate surface area is 197 Å². The maximum atomic E-state index is 13.6. The molecule has 0 fully saturated rings. The molecule has 180 valence electrons. The second kappa shape index (κ2) is 11.3. The Kier molecular flexibility index (Phi) is 9.05. The standard InChI is InChI=1S/C25H35N3O4S/c1-7-21-13-10-11-15-23(21)28(33(6,31)32)17-24(29)27(20(5)25(30)26-18(2)3)16-22-14-9-8-12-19(22)4/h8-15,18,20H,7,16-17H2,1-6H3,(H,26,30)/t20-/m1/s1. The number of nitrogens with one attached hydrogen (secondary N) is 1. The van der Waals surface area contributed by atoms with E-state index in [-0.39, 0.29) is 25.0 Å². The number of hydrogen-bond acceptors (Lipinski definition) is 4. The summed E-state index contributed by atoms with van der Waals surface area (Å²) in [7, 11) is -3.74. The summed E-state index contributed by atoms with van der Waals surface area (Å²) in [6, 6.07) is 13.9. The maximum Gasteiger partial charge on any atom is 0.244 e. The largest absolute Gasteiger partial charge is 0.352 e. The van der Waals surface area contributed by atoms with Crippen LogP contribution in [-0.4, -0.2) is 50.0 Å². The number of carbonyl (C=O) groups excluding carboxylic acids is 2. The molecular formula is C25H35N3O4S. The van der Waals surface area contributed by atoms with Gasteiger partial charge in [0.15, 0.2) is 0 Å². The first kappa shape index (κ1) is 26.4. The van der Waals surface area contributed by atoms with Crippen LogP contribution in [0.3, 0.4) is 0 Å². The number of benzene rings is 2. The van der Waals surface area contributed by atoms with Gasteiger partial charge in [-0.2, -0.15) is 0 Å². The summed E-state index contributed by atoms with van der Waals surface area (Å²) in [5.41, 5.74) is 3.19. The van der Waals surface area contributed by atoms with Crippen molar-refractivity contribution in [3.05, 3.63) is 65.2 Å². The molecule has 0 saturated carbocycles. The molecule has 0 aromatic heterocycles. The molecule has 0 spiro atoms. The molecule has 0 saturated heterocycles. The average Bonchev–Trinajstić information content (AvgIpc) is 2.75. The molecule has 2 amide bonds. The monoisotopic (exact) mass is 473 g/mol. The Bertz CT molecular complexity index is 1080. The van der Waals surface area contributed by atoms with Crippen LogP contribution in [0.15, 0.2) is 48.5 Å². The van der Waals surface area contributed by atoms with E-state index in [1.807, 2.05) is 64.1 Å². The molecule has 0 aliphatic heterocycles. The van der Waals surface area contributed by atoms with Gasteiger partial charge in [0.05, 0.1) is 11.9 Å². The highest BCUT2D eigenvalue weighted by Crippen LogP contribution is 2.24. The lowest BCUT2D eigenvalue weighted by Crippen LogP contribution is -2.52. The summed E-state index contributed by atoms with van der Waals surface area (Å²) in [5.74, 6) is -0.729. The van der Waals surface area contributed by atoms with Crippen LogP contribution in [0.5, 0.6) is 0 Å². The fourth-order valence-electron chi connectivity index (χ4n) is 3.61. The average molecular weight is 474 g/mol. The minimum Gasteiger partial charge on any atom is -0.352 e. The third kappa shape index (κ3) is 7.05. The second-order valence-electron chi connectivity index (χ2n) is 8.54. The molecule has 1 N–H and O–H groups in total. The SMILES string of the molecule is CCc1ccccc1N(CC(=O)N(Cc1ccccc1C)[C@H](C)C(=O)NC(C)C)S(C)(=O)=O. The zero-order valence-corrected chi connectivity index (χ0v) is 21.1. The predicted molar refractivity (Wildman–Crippen MR) is 132 cm³/mol. The molecule has 2 aromatic carbocycles. The lowest BCUT2D eigenvalue weighted by atomic mass is 10.1. The first-order valence-corrected chi connectivity index (χ1v) is 13.0. The topological polar surface area (TPSA) is 86.8 Å². The van der Waals surface area contributed by atoms with Gasteiger partial charge in [0, 0.05) is 12.6 Å². The lowest BCUT2D eigenvalue weighted by Gasteiger charge is -2.32. The van der Waals surface area contributed by atoms with Crippen molar-refractivity contribution in [3.63, 3.8) is 0 Å². The van der Waals surface area contributed by atoms with Crippen molar-refractivity contribution in [1.82, 2.24) is 10.2 Å². The molecular weight excluding hydrogens is 438 g/mol. The smallest absolute Gasteiger partial charge is 0.244 e. The van der Waals surface area contributed by atoms with E-state index in [4.69, 9.17) is 0 Å². The second-order valence-corrected chi connectivity index (χ2v) is 10.4. The maximum absolute atomic E-state index is 13.6. The number of rotatable bonds is 10. The fraction of sp³-hybridized carbons (Fsp3) is 0.440. The molecule has 0 heterocycles. The third-order valence-electron chi connectivity index (χ3n) is 5.52. The molecule has 0 radical (unpaired) electrons. The molecule has 8 heteroatoms. The van der Waals surface area contributed by atoms with E-state index in [9.17, 15) is 18.0 Å². The Balaban J connectivity index is 2.44. The van der Waals surface area contributed by atoms with E-state index in [2.05, 4.69) is 5.32 Å². The molecule has 1 atom stereocenters. The molecule has 7 nitrogen and oxygen atoms in total. The number of amides is 2. The summed E-state index contributed by atoms with van der Waals surface area (Å²) >= 11 is 0. The number of carbonyl (C=O) groups is 2. The highest BCUT2D eigenvalue weighted by atomic mass is 32.2. The molecule has 2 aromatic rings. The van der Waals surface area contributed by atoms with Gasteiger partial charge in [-0.05, 0) is 56.9 Å². The van der Waals surface area contributed by atoms with Crippen LogP contribution in [0.2, 0.25) is 0 Å². The number of nitrogens with zero attached hydrogens (tertiary/aromatic N) is 2. The van der Waals surface area contributed by atoms with Gasteiger partial charge in [-0.25, -0.2) is 8.42 Å². The molecule has 0 aliphatic carbocycles. The van der Waals surface area contributed by atoms with Crippen LogP contribution in [0.25, 0.3) is 0 Å². The minimum atomic E-state index is -3.74. The Morgan fingerprint density at radius 2 is 1.55 bits per heavy atom. The van der Waals surface area contributed by atoms with Gasteiger partial charge >= 0.3 is 0 Å². The normalized spacial score (nSPS) is 12.3. The molecule has 0 aliphatic rings. The van der Waals surface area contributed by atoms with Crippen molar-refractivity contribution in [2.45, 2.75) is 59.7 Å². The fourth-order valence-corrected chi connectivity index (χ4v) is 4.49. The van der Waals surface area contributed by atoms with Crippen LogP contribution >= 0.6 is 0 Å². The van der Waals surface area contributed by atoms with E-state index in [0.29, 0.717) is 12.1 Å². The van der Waals surface area contributed by atoms with E-state index in [0.717, 1.165) is 27.3 Å². The molecule has 0 bridgehead atoms. The lowest BCUT2D eigenvalue weighted by molar-refractivity contribution is -0.139. The Hall–Kier alpha value is -2.87. The van der Waals surface area contributed by atoms with E-state index < -0.39 is 22.0 Å². The number of anilines is 1. The number of aryl methyl sites for hydroxylation is 2. The summed E-state index contributed by atoms with van der Waals surface area (Å²) in [6.07, 6.45) is 1.71. The molecule has 33 heavy (non-hydrogen) atoms. The van der Waals surface area contributed by atoms with Gasteiger partial charge < -0.3 is 10.2 Å². The van der Waals surface area contributed by atoms with Gasteiger partial charge in [0.2, 0.25) is 21.8 Å². The van der Waals surface area contributed by atoms with Crippen molar-refractivity contribution >= 4 is 27.5 Å². The van der Waals surface area contributed by atoms with Crippen molar-refractivity contribution < 1.29 is 18.0 Å². The first-order chi connectivity index (χ1) is 15.5. The predicted octanol–water partition coefficient (Wildman–Crippen LogP) is 3.27. The molecule has 2 rings (SSSR count). The zero-order chi connectivity index (χ0) is 24.8. The third-order valence-corrected chi connectivity index (χ3v) is 6.65. The number of para-hydroxylation sites is 1. The van der Waals surface area contributed by atoms with E-state index in [1.54, 1.807) is 19.1 Å². The summed E-state index contributed by atoms with van der Waals surface area (Å²) in [6.45, 7) is 9.06. The summed E-state index contributed by atoms with van der Waals surface area (Å²) < 4.78 is 26.5. The highest BCUT2D eigenvalue weighted by Gasteiger charge is 2.31. The Morgan fingerprint density at radius 3 is 2.09 bits per heavy atom. The highest BCUT2D eigenvalue weighted by molar-refractivity contribution is 7.92. The van der Waals surface area contributed by atoms with Crippen LogP contribution in [0.1, 0.15) is 44.4 Å².